The first-order valence-corrected chi connectivity index (χ1v) is 9.53. The number of nitrogens with zero attached hydrogens (tertiary/aromatic N) is 1. The molecule has 1 aliphatic carbocycles. The fourth-order valence-corrected chi connectivity index (χ4v) is 4.20. The molecule has 1 aromatic carbocycles. The number of nitrogens with one attached hydrogen (secondary N) is 3. The zero-order valence-corrected chi connectivity index (χ0v) is 15.2. The molecule has 0 radical (unpaired) electrons. The second-order valence-corrected chi connectivity index (χ2v) is 7.79. The van der Waals surface area contributed by atoms with Crippen LogP contribution < -0.4 is 15.1 Å². The Kier molecular flexibility index (Phi) is 5.72. The van der Waals surface area contributed by atoms with E-state index in [1.54, 1.807) is 4.90 Å². The van der Waals surface area contributed by atoms with Crippen molar-refractivity contribution in [3.63, 3.8) is 0 Å². The molecule has 0 aromatic heterocycles. The van der Waals surface area contributed by atoms with Gasteiger partial charge in [0.2, 0.25) is 0 Å². The van der Waals surface area contributed by atoms with Gasteiger partial charge in [-0.05, 0) is 32.6 Å². The SMILES string of the molecule is Cc1cccc(C[NH+]2CC[NH+](CC(=O)NC3(C#N)CCCC3)CC2)c1. The third kappa shape index (κ3) is 4.81. The van der Waals surface area contributed by atoms with E-state index in [1.165, 1.54) is 16.0 Å². The van der Waals surface area contributed by atoms with Crippen LogP contribution in [-0.2, 0) is 11.3 Å². The lowest BCUT2D eigenvalue weighted by Crippen LogP contribution is -3.28. The van der Waals surface area contributed by atoms with Crippen LogP contribution in [0.3, 0.4) is 0 Å². The second kappa shape index (κ2) is 7.99. The molecule has 1 aliphatic heterocycles. The van der Waals surface area contributed by atoms with Gasteiger partial charge in [-0.3, -0.25) is 4.79 Å². The summed E-state index contributed by atoms with van der Waals surface area (Å²) in [6.45, 7) is 7.94. The maximum Gasteiger partial charge on any atom is 0.276 e. The first-order valence-electron chi connectivity index (χ1n) is 9.53. The van der Waals surface area contributed by atoms with Crippen molar-refractivity contribution in [3.05, 3.63) is 35.4 Å². The molecule has 1 saturated heterocycles. The van der Waals surface area contributed by atoms with Gasteiger partial charge in [-0.1, -0.05) is 29.8 Å². The summed E-state index contributed by atoms with van der Waals surface area (Å²) in [6, 6.07) is 11.1. The molecule has 1 aromatic rings. The van der Waals surface area contributed by atoms with Crippen molar-refractivity contribution in [2.24, 2.45) is 0 Å². The minimum atomic E-state index is -0.589. The quantitative estimate of drug-likeness (QED) is 0.658. The number of hydrogen-bond acceptors (Lipinski definition) is 2. The third-order valence-corrected chi connectivity index (χ3v) is 5.66. The molecule has 5 heteroatoms. The maximum atomic E-state index is 12.4. The van der Waals surface area contributed by atoms with Gasteiger partial charge in [0.05, 0.1) is 6.07 Å². The second-order valence-electron chi connectivity index (χ2n) is 7.79. The number of benzene rings is 1. The molecular formula is C20H30N4O+2. The van der Waals surface area contributed by atoms with E-state index in [4.69, 9.17) is 0 Å². The smallest absolute Gasteiger partial charge is 0.276 e. The minimum absolute atomic E-state index is 0.0422. The predicted octanol–water partition coefficient (Wildman–Crippen LogP) is -0.769. The molecule has 0 spiro atoms. The number of amides is 1. The number of hydrogen-bond donors (Lipinski definition) is 3. The van der Waals surface area contributed by atoms with E-state index in [0.717, 1.165) is 58.4 Å². The van der Waals surface area contributed by atoms with Crippen molar-refractivity contribution in [3.8, 4) is 6.07 Å². The van der Waals surface area contributed by atoms with Gasteiger partial charge in [0.1, 0.15) is 38.3 Å². The Bertz CT molecular complexity index is 637. The summed E-state index contributed by atoms with van der Waals surface area (Å²) in [5.74, 6) is 0.0422. The molecule has 3 rings (SSSR count). The van der Waals surface area contributed by atoms with Gasteiger partial charge in [-0.15, -0.1) is 0 Å². The van der Waals surface area contributed by atoms with Crippen LogP contribution in [0.1, 0.15) is 36.8 Å². The van der Waals surface area contributed by atoms with Crippen LogP contribution in [0.25, 0.3) is 0 Å². The summed E-state index contributed by atoms with van der Waals surface area (Å²) < 4.78 is 0. The Labute approximate surface area is 150 Å². The summed E-state index contributed by atoms with van der Waals surface area (Å²) in [5, 5.41) is 12.4. The molecule has 5 nitrogen and oxygen atoms in total. The monoisotopic (exact) mass is 342 g/mol. The maximum absolute atomic E-state index is 12.4. The van der Waals surface area contributed by atoms with Gasteiger partial charge in [-0.25, -0.2) is 0 Å². The van der Waals surface area contributed by atoms with Gasteiger partial charge >= 0.3 is 0 Å². The van der Waals surface area contributed by atoms with Crippen LogP contribution in [0.4, 0.5) is 0 Å². The summed E-state index contributed by atoms with van der Waals surface area (Å²) in [5.41, 5.74) is 2.12. The number of carbonyl (C=O) groups is 1. The Morgan fingerprint density at radius 1 is 1.20 bits per heavy atom. The summed E-state index contributed by atoms with van der Waals surface area (Å²) in [4.78, 5) is 15.3. The summed E-state index contributed by atoms with van der Waals surface area (Å²) in [7, 11) is 0. The van der Waals surface area contributed by atoms with Crippen LogP contribution in [0.5, 0.6) is 0 Å². The van der Waals surface area contributed by atoms with Gasteiger partial charge in [0.15, 0.2) is 6.54 Å². The lowest BCUT2D eigenvalue weighted by Gasteiger charge is -2.30. The Morgan fingerprint density at radius 2 is 1.88 bits per heavy atom. The van der Waals surface area contributed by atoms with Crippen molar-refractivity contribution >= 4 is 5.91 Å². The highest BCUT2D eigenvalue weighted by Gasteiger charge is 2.36. The molecular weight excluding hydrogens is 312 g/mol. The van der Waals surface area contributed by atoms with Gasteiger partial charge in [0, 0.05) is 5.56 Å². The molecule has 3 N–H and O–H groups in total. The van der Waals surface area contributed by atoms with Crippen molar-refractivity contribution in [1.29, 1.82) is 5.26 Å². The Balaban J connectivity index is 1.43. The standard InChI is InChI=1S/C20H28N4O/c1-17-5-4-6-18(13-17)14-23-9-11-24(12-10-23)15-19(25)22-20(16-21)7-2-3-8-20/h4-6,13H,2-3,7-12,14-15H2,1H3,(H,22,25)/p+2. The van der Waals surface area contributed by atoms with E-state index >= 15 is 0 Å². The van der Waals surface area contributed by atoms with Crippen LogP contribution in [0.15, 0.2) is 24.3 Å². The zero-order valence-electron chi connectivity index (χ0n) is 15.2. The Morgan fingerprint density at radius 3 is 2.52 bits per heavy atom. The number of piperazine rings is 1. The van der Waals surface area contributed by atoms with Gasteiger partial charge in [-0.2, -0.15) is 5.26 Å². The lowest BCUT2D eigenvalue weighted by molar-refractivity contribution is -1.02. The van der Waals surface area contributed by atoms with E-state index in [9.17, 15) is 10.1 Å². The van der Waals surface area contributed by atoms with E-state index < -0.39 is 5.54 Å². The van der Waals surface area contributed by atoms with E-state index in [1.807, 2.05) is 0 Å². The number of nitriles is 1. The fourth-order valence-electron chi connectivity index (χ4n) is 4.20. The normalized spacial score (nSPS) is 25.3. The molecule has 0 bridgehead atoms. The van der Waals surface area contributed by atoms with Crippen molar-refractivity contribution in [2.45, 2.75) is 44.7 Å². The molecule has 2 fully saturated rings. The first kappa shape index (κ1) is 17.9. The molecule has 25 heavy (non-hydrogen) atoms. The van der Waals surface area contributed by atoms with Crippen molar-refractivity contribution < 1.29 is 14.6 Å². The highest BCUT2D eigenvalue weighted by Crippen LogP contribution is 2.28. The molecule has 134 valence electrons. The third-order valence-electron chi connectivity index (χ3n) is 5.66. The number of quaternary nitrogens is 2. The van der Waals surface area contributed by atoms with Crippen LogP contribution in [0.2, 0.25) is 0 Å². The van der Waals surface area contributed by atoms with Gasteiger partial charge < -0.3 is 15.1 Å². The topological polar surface area (TPSA) is 61.8 Å². The number of rotatable bonds is 5. The molecule has 0 atom stereocenters. The summed E-state index contributed by atoms with van der Waals surface area (Å²) in [6.07, 6.45) is 3.70. The molecule has 0 unspecified atom stereocenters. The first-order chi connectivity index (χ1) is 12.1. The fraction of sp³-hybridized carbons (Fsp3) is 0.600. The number of aryl methyl sites for hydroxylation is 1. The molecule has 1 heterocycles. The van der Waals surface area contributed by atoms with Crippen molar-refractivity contribution in [2.75, 3.05) is 32.7 Å². The number of carbonyl (C=O) groups excluding carboxylic acids is 1. The van der Waals surface area contributed by atoms with Crippen molar-refractivity contribution in [1.82, 2.24) is 5.32 Å². The molecule has 1 amide bonds. The summed E-state index contributed by atoms with van der Waals surface area (Å²) >= 11 is 0. The lowest BCUT2D eigenvalue weighted by atomic mass is 10.00. The largest absolute Gasteiger partial charge is 0.333 e. The Hall–Kier alpha value is -1.90. The average Bonchev–Trinajstić information content (AvgIpc) is 3.05. The van der Waals surface area contributed by atoms with Crippen LogP contribution in [-0.4, -0.2) is 44.2 Å². The predicted molar refractivity (Wildman–Crippen MR) is 96.1 cm³/mol. The van der Waals surface area contributed by atoms with Crippen LogP contribution in [0, 0.1) is 18.3 Å². The van der Waals surface area contributed by atoms with Gasteiger partial charge in [0.25, 0.3) is 5.91 Å². The van der Waals surface area contributed by atoms with E-state index in [2.05, 4.69) is 42.6 Å². The van der Waals surface area contributed by atoms with E-state index in [0.29, 0.717) is 6.54 Å². The zero-order chi connectivity index (χ0) is 17.7. The highest BCUT2D eigenvalue weighted by molar-refractivity contribution is 5.78. The van der Waals surface area contributed by atoms with Crippen LogP contribution >= 0.6 is 0 Å². The molecule has 2 aliphatic rings. The molecule has 1 saturated carbocycles. The minimum Gasteiger partial charge on any atom is -0.333 e. The average molecular weight is 342 g/mol. The highest BCUT2D eigenvalue weighted by atomic mass is 16.2. The van der Waals surface area contributed by atoms with E-state index in [-0.39, 0.29) is 5.91 Å².